The van der Waals surface area contributed by atoms with Crippen LogP contribution in [0.2, 0.25) is 0 Å². The third kappa shape index (κ3) is 4.03. The standard InChI is InChI=1S/C32H36N2O3/c1-5-34-25-13-9-8-12-22(25)23-16-20(14-15-26(23)34)29-28(31(36)37-21-10-6-7-11-21)19(2)33-24-17-32(3,4)18-27(35)30(24)29/h8-9,12-16,21,29-30H,5-7,10-11,17-18H2,1-4H3. The van der Waals surface area contributed by atoms with Gasteiger partial charge in [0.05, 0.1) is 11.5 Å². The van der Waals surface area contributed by atoms with E-state index >= 15 is 0 Å². The monoisotopic (exact) mass is 496 g/mol. The van der Waals surface area contributed by atoms with Gasteiger partial charge in [-0.05, 0) is 75.1 Å². The second-order valence-corrected chi connectivity index (χ2v) is 11.9. The normalized spacial score (nSPS) is 24.0. The molecule has 0 saturated heterocycles. The van der Waals surface area contributed by atoms with Crippen molar-refractivity contribution in [3.8, 4) is 0 Å². The minimum Gasteiger partial charge on any atom is -0.459 e. The number of aliphatic imine (C=N–C) groups is 1. The molecular formula is C32H36N2O3. The third-order valence-corrected chi connectivity index (χ3v) is 8.63. The fourth-order valence-corrected chi connectivity index (χ4v) is 7.05. The van der Waals surface area contributed by atoms with Crippen LogP contribution in [0.15, 0.2) is 58.7 Å². The number of hydrogen-bond donors (Lipinski definition) is 0. The van der Waals surface area contributed by atoms with Gasteiger partial charge in [0.2, 0.25) is 0 Å². The molecule has 1 aromatic heterocycles. The van der Waals surface area contributed by atoms with Crippen LogP contribution >= 0.6 is 0 Å². The van der Waals surface area contributed by atoms with E-state index in [9.17, 15) is 9.59 Å². The van der Waals surface area contributed by atoms with Crippen molar-refractivity contribution in [1.29, 1.82) is 0 Å². The van der Waals surface area contributed by atoms with Gasteiger partial charge in [0, 0.05) is 52.1 Å². The third-order valence-electron chi connectivity index (χ3n) is 8.63. The van der Waals surface area contributed by atoms with E-state index in [-0.39, 0.29) is 29.2 Å². The topological polar surface area (TPSA) is 60.7 Å². The molecule has 2 aromatic carbocycles. The second-order valence-electron chi connectivity index (χ2n) is 11.9. The summed E-state index contributed by atoms with van der Waals surface area (Å²) in [6, 6.07) is 14.9. The number of allylic oxidation sites excluding steroid dienone is 1. The van der Waals surface area contributed by atoms with Gasteiger partial charge in [-0.25, -0.2) is 4.79 Å². The summed E-state index contributed by atoms with van der Waals surface area (Å²) >= 11 is 0. The fraction of sp³-hybridized carbons (Fsp3) is 0.469. The zero-order valence-corrected chi connectivity index (χ0v) is 22.3. The van der Waals surface area contributed by atoms with Crippen LogP contribution in [0.25, 0.3) is 21.8 Å². The number of aryl methyl sites for hydroxylation is 1. The lowest BCUT2D eigenvalue weighted by Crippen LogP contribution is -2.44. The van der Waals surface area contributed by atoms with Crippen LogP contribution in [-0.4, -0.2) is 28.1 Å². The summed E-state index contributed by atoms with van der Waals surface area (Å²) in [7, 11) is 0. The molecule has 2 aliphatic carbocycles. The first kappa shape index (κ1) is 24.1. The largest absolute Gasteiger partial charge is 0.459 e. The van der Waals surface area contributed by atoms with Gasteiger partial charge in [0.25, 0.3) is 0 Å². The first-order valence-electron chi connectivity index (χ1n) is 13.8. The smallest absolute Gasteiger partial charge is 0.336 e. The Morgan fingerprint density at radius 3 is 2.51 bits per heavy atom. The van der Waals surface area contributed by atoms with Gasteiger partial charge in [0.15, 0.2) is 0 Å². The summed E-state index contributed by atoms with van der Waals surface area (Å²) in [5, 5.41) is 2.35. The summed E-state index contributed by atoms with van der Waals surface area (Å²) < 4.78 is 8.35. The molecular weight excluding hydrogens is 460 g/mol. The molecule has 1 aliphatic heterocycles. The van der Waals surface area contributed by atoms with E-state index in [2.05, 4.69) is 67.8 Å². The molecule has 6 rings (SSSR count). The maximum atomic E-state index is 13.7. The highest BCUT2D eigenvalue weighted by molar-refractivity contribution is 6.13. The molecule has 5 heteroatoms. The lowest BCUT2D eigenvalue weighted by molar-refractivity contribution is -0.144. The predicted molar refractivity (Wildman–Crippen MR) is 148 cm³/mol. The van der Waals surface area contributed by atoms with E-state index in [1.807, 2.05) is 6.92 Å². The Labute approximate surface area is 218 Å². The Morgan fingerprint density at radius 1 is 1.03 bits per heavy atom. The Balaban J connectivity index is 1.52. The quantitative estimate of drug-likeness (QED) is 0.361. The molecule has 5 nitrogen and oxygen atoms in total. The Morgan fingerprint density at radius 2 is 1.76 bits per heavy atom. The van der Waals surface area contributed by atoms with Crippen LogP contribution in [0.1, 0.15) is 77.7 Å². The van der Waals surface area contributed by atoms with E-state index in [1.54, 1.807) is 0 Å². The number of benzene rings is 2. The summed E-state index contributed by atoms with van der Waals surface area (Å²) in [6.45, 7) is 9.21. The minimum absolute atomic E-state index is 0.0372. The SMILES string of the molecule is CCn1c2ccccc2c2cc(C3C(C(=O)OC4CCCC4)=C(C)N=C4CC(C)(C)CC(=O)C43)ccc21. The zero-order valence-electron chi connectivity index (χ0n) is 22.3. The van der Waals surface area contributed by atoms with Gasteiger partial charge in [0.1, 0.15) is 11.9 Å². The van der Waals surface area contributed by atoms with Crippen molar-refractivity contribution in [2.45, 2.75) is 84.8 Å². The van der Waals surface area contributed by atoms with Crippen molar-refractivity contribution in [3.05, 3.63) is 59.3 Å². The number of aromatic nitrogens is 1. The van der Waals surface area contributed by atoms with Crippen LogP contribution in [0, 0.1) is 11.3 Å². The number of ether oxygens (including phenoxy) is 1. The zero-order chi connectivity index (χ0) is 25.9. The molecule has 0 N–H and O–H groups in total. The second kappa shape index (κ2) is 8.97. The van der Waals surface area contributed by atoms with Crippen LogP contribution in [0.3, 0.4) is 0 Å². The first-order chi connectivity index (χ1) is 17.8. The predicted octanol–water partition coefficient (Wildman–Crippen LogP) is 7.12. The number of fused-ring (bicyclic) bond motifs is 4. The molecule has 2 heterocycles. The molecule has 0 radical (unpaired) electrons. The van der Waals surface area contributed by atoms with Gasteiger partial charge < -0.3 is 9.30 Å². The van der Waals surface area contributed by atoms with Crippen molar-refractivity contribution >= 4 is 39.3 Å². The Bertz CT molecular complexity index is 1480. The Kier molecular flexibility index (Phi) is 5.85. The van der Waals surface area contributed by atoms with Crippen molar-refractivity contribution in [1.82, 2.24) is 4.57 Å². The Hall–Kier alpha value is -3.21. The first-order valence-corrected chi connectivity index (χ1v) is 13.8. The van der Waals surface area contributed by atoms with Gasteiger partial charge in [-0.15, -0.1) is 0 Å². The van der Waals surface area contributed by atoms with Gasteiger partial charge in [-0.3, -0.25) is 9.79 Å². The molecule has 2 atom stereocenters. The van der Waals surface area contributed by atoms with Crippen LogP contribution in [-0.2, 0) is 20.9 Å². The average molecular weight is 497 g/mol. The maximum Gasteiger partial charge on any atom is 0.336 e. The summed E-state index contributed by atoms with van der Waals surface area (Å²) in [5.74, 6) is -0.918. The lowest BCUT2D eigenvalue weighted by atomic mass is 9.63. The van der Waals surface area contributed by atoms with E-state index in [0.717, 1.165) is 55.3 Å². The number of hydrogen-bond acceptors (Lipinski definition) is 4. The van der Waals surface area contributed by atoms with E-state index < -0.39 is 5.92 Å². The molecule has 2 fully saturated rings. The highest BCUT2D eigenvalue weighted by atomic mass is 16.5. The fourth-order valence-electron chi connectivity index (χ4n) is 7.05. The highest BCUT2D eigenvalue weighted by Gasteiger charge is 2.48. The van der Waals surface area contributed by atoms with Gasteiger partial charge in [-0.2, -0.15) is 0 Å². The number of carbonyl (C=O) groups is 2. The van der Waals surface area contributed by atoms with E-state index in [0.29, 0.717) is 17.7 Å². The number of rotatable bonds is 4. The van der Waals surface area contributed by atoms with Crippen molar-refractivity contribution in [2.24, 2.45) is 16.3 Å². The van der Waals surface area contributed by atoms with E-state index in [1.165, 1.54) is 16.4 Å². The average Bonchev–Trinajstić information content (AvgIpc) is 3.47. The van der Waals surface area contributed by atoms with Crippen LogP contribution in [0.4, 0.5) is 0 Å². The van der Waals surface area contributed by atoms with Gasteiger partial charge >= 0.3 is 5.97 Å². The number of Topliss-reactive ketones (excluding diaryl/α,β-unsaturated/α-hetero) is 1. The number of para-hydroxylation sites is 1. The number of ketones is 1. The molecule has 3 aromatic rings. The summed E-state index contributed by atoms with van der Waals surface area (Å²) in [6.07, 6.45) is 5.23. The molecule has 3 aliphatic rings. The molecule has 0 amide bonds. The molecule has 2 saturated carbocycles. The van der Waals surface area contributed by atoms with Crippen LogP contribution < -0.4 is 0 Å². The molecule has 37 heavy (non-hydrogen) atoms. The van der Waals surface area contributed by atoms with Crippen molar-refractivity contribution in [3.63, 3.8) is 0 Å². The summed E-state index contributed by atoms with van der Waals surface area (Å²) in [5.41, 5.74) is 5.41. The minimum atomic E-state index is -0.417. The highest BCUT2D eigenvalue weighted by Crippen LogP contribution is 2.48. The maximum absolute atomic E-state index is 13.7. The molecule has 0 bridgehead atoms. The van der Waals surface area contributed by atoms with Crippen molar-refractivity contribution < 1.29 is 14.3 Å². The number of nitrogens with zero attached hydrogens (tertiary/aromatic N) is 2. The van der Waals surface area contributed by atoms with Gasteiger partial charge in [-0.1, -0.05) is 38.1 Å². The molecule has 2 unspecified atom stereocenters. The molecule has 0 spiro atoms. The molecule has 192 valence electrons. The lowest BCUT2D eigenvalue weighted by Gasteiger charge is -2.41. The number of carbonyl (C=O) groups excluding carboxylic acids is 2. The van der Waals surface area contributed by atoms with Crippen LogP contribution in [0.5, 0.6) is 0 Å². The van der Waals surface area contributed by atoms with E-state index in [4.69, 9.17) is 9.73 Å². The number of esters is 1. The van der Waals surface area contributed by atoms with Crippen molar-refractivity contribution in [2.75, 3.05) is 0 Å². The summed E-state index contributed by atoms with van der Waals surface area (Å²) in [4.78, 5) is 32.3.